The van der Waals surface area contributed by atoms with Crippen LogP contribution in [0.15, 0.2) is 58.5 Å². The molecule has 3 rings (SSSR count). The summed E-state index contributed by atoms with van der Waals surface area (Å²) in [5, 5.41) is 25.1. The minimum Gasteiger partial charge on any atom is -0.395 e. The van der Waals surface area contributed by atoms with Gasteiger partial charge in [0.05, 0.1) is 17.7 Å². The lowest BCUT2D eigenvalue weighted by molar-refractivity contribution is -0.0119. The standard InChI is InChI=1S/C16H14ClN3O.C6H15NO/c1-18-15-10-20(21)16(11-5-3-2-4-6-11)13-9-12(17)7-8-14(13)19-15;1-2-3-4-7-5-6-8/h2-9,21H,10H2,1H3;7-8H,2-6H2,1H3. The minimum absolute atomic E-state index is 0.229. The lowest BCUT2D eigenvalue weighted by atomic mass is 10.1. The highest BCUT2D eigenvalue weighted by Gasteiger charge is 2.17. The van der Waals surface area contributed by atoms with Crippen molar-refractivity contribution in [3.05, 3.63) is 69.7 Å². The van der Waals surface area contributed by atoms with Crippen molar-refractivity contribution in [2.24, 2.45) is 9.98 Å². The number of nitrogens with one attached hydrogen (secondary N) is 1. The maximum Gasteiger partial charge on any atom is 0.145 e. The molecule has 0 fully saturated rings. The zero-order chi connectivity index (χ0) is 21.1. The van der Waals surface area contributed by atoms with Crippen molar-refractivity contribution in [2.45, 2.75) is 19.8 Å². The van der Waals surface area contributed by atoms with Gasteiger partial charge >= 0.3 is 0 Å². The average Bonchev–Trinajstić information content (AvgIpc) is 2.87. The van der Waals surface area contributed by atoms with Gasteiger partial charge < -0.3 is 10.4 Å². The normalized spacial score (nSPS) is 14.6. The number of unbranched alkanes of at least 4 members (excludes halogenated alkanes) is 1. The second kappa shape index (κ2) is 12.3. The molecule has 0 amide bonds. The van der Waals surface area contributed by atoms with E-state index >= 15 is 0 Å². The molecule has 1 aliphatic rings. The Morgan fingerprint density at radius 1 is 1.17 bits per heavy atom. The number of aliphatic imine (C=N–C) groups is 1. The van der Waals surface area contributed by atoms with E-state index in [0.29, 0.717) is 16.6 Å². The fourth-order valence-electron chi connectivity index (χ4n) is 2.85. The molecule has 1 aliphatic heterocycles. The zero-order valence-corrected chi connectivity index (χ0v) is 17.7. The Bertz CT molecular complexity index is 910. The van der Waals surface area contributed by atoms with Crippen LogP contribution in [0, 0.1) is 0 Å². The van der Waals surface area contributed by atoms with Gasteiger partial charge in [-0.2, -0.15) is 0 Å². The Labute approximate surface area is 176 Å². The van der Waals surface area contributed by atoms with E-state index in [1.165, 1.54) is 17.9 Å². The van der Waals surface area contributed by atoms with Crippen LogP contribution in [-0.4, -0.2) is 54.5 Å². The number of aliphatic hydroxyl groups excluding tert-OH is 1. The summed E-state index contributed by atoms with van der Waals surface area (Å²) in [7, 11) is 1.66. The molecule has 2 aromatic carbocycles. The number of nitrogens with zero attached hydrogens (tertiary/aromatic N) is 3. The van der Waals surface area contributed by atoms with Crippen LogP contribution in [0.2, 0.25) is 5.02 Å². The molecule has 1 heterocycles. The Balaban J connectivity index is 0.000000321. The van der Waals surface area contributed by atoms with Gasteiger partial charge in [-0.05, 0) is 31.2 Å². The summed E-state index contributed by atoms with van der Waals surface area (Å²) in [6.45, 7) is 4.41. The third-order valence-corrected chi connectivity index (χ3v) is 4.55. The summed E-state index contributed by atoms with van der Waals surface area (Å²) in [6, 6.07) is 15.1. The molecule has 0 spiro atoms. The van der Waals surface area contributed by atoms with Crippen LogP contribution < -0.4 is 15.9 Å². The van der Waals surface area contributed by atoms with Gasteiger partial charge in [-0.15, -0.1) is 0 Å². The summed E-state index contributed by atoms with van der Waals surface area (Å²) >= 11 is 6.12. The van der Waals surface area contributed by atoms with Crippen LogP contribution in [0.5, 0.6) is 0 Å². The molecule has 6 nitrogen and oxygen atoms in total. The Morgan fingerprint density at radius 2 is 1.93 bits per heavy atom. The lowest BCUT2D eigenvalue weighted by Crippen LogP contribution is -2.31. The Kier molecular flexibility index (Phi) is 9.80. The average molecular weight is 417 g/mol. The smallest absolute Gasteiger partial charge is 0.145 e. The van der Waals surface area contributed by atoms with Crippen LogP contribution >= 0.6 is 11.6 Å². The fraction of sp³-hybridized carbons (Fsp3) is 0.364. The first-order valence-electron chi connectivity index (χ1n) is 9.78. The molecule has 0 saturated heterocycles. The van der Waals surface area contributed by atoms with Crippen molar-refractivity contribution in [3.63, 3.8) is 0 Å². The molecule has 29 heavy (non-hydrogen) atoms. The summed E-state index contributed by atoms with van der Waals surface area (Å²) in [4.78, 5) is 8.60. The molecule has 156 valence electrons. The number of hydrogen-bond acceptors (Lipinski definition) is 5. The molecule has 0 radical (unpaired) electrons. The highest BCUT2D eigenvalue weighted by molar-refractivity contribution is 6.30. The number of hydrogen-bond donors (Lipinski definition) is 3. The molecule has 0 bridgehead atoms. The van der Waals surface area contributed by atoms with E-state index < -0.39 is 0 Å². The van der Waals surface area contributed by atoms with Crippen molar-refractivity contribution in [2.75, 3.05) is 33.3 Å². The van der Waals surface area contributed by atoms with Crippen LogP contribution in [0.4, 0.5) is 0 Å². The van der Waals surface area contributed by atoms with Crippen molar-refractivity contribution in [3.8, 4) is 0 Å². The second-order valence-electron chi connectivity index (χ2n) is 6.51. The molecule has 2 aromatic rings. The van der Waals surface area contributed by atoms with E-state index in [1.54, 1.807) is 13.1 Å². The number of fused-ring (bicyclic) bond motifs is 1. The quantitative estimate of drug-likeness (QED) is 0.631. The molecule has 0 atom stereocenters. The molecule has 7 heteroatoms. The Morgan fingerprint density at radius 3 is 2.59 bits per heavy atom. The fourth-order valence-corrected chi connectivity index (χ4v) is 3.02. The van der Waals surface area contributed by atoms with E-state index in [4.69, 9.17) is 16.7 Å². The van der Waals surface area contributed by atoms with Crippen molar-refractivity contribution >= 4 is 23.1 Å². The molecule has 0 unspecified atom stereocenters. The number of benzene rings is 2. The first kappa shape index (κ1) is 23.0. The SMILES string of the molecule is CCCCNCCO.CN=C1CN(O)C(c2ccccc2)=c2cc(Cl)ccc2=N1. The van der Waals surface area contributed by atoms with Crippen LogP contribution in [-0.2, 0) is 0 Å². The monoisotopic (exact) mass is 416 g/mol. The summed E-state index contributed by atoms with van der Waals surface area (Å²) in [5.41, 5.74) is 1.58. The largest absolute Gasteiger partial charge is 0.395 e. The highest BCUT2D eigenvalue weighted by atomic mass is 35.5. The van der Waals surface area contributed by atoms with E-state index in [9.17, 15) is 5.21 Å². The predicted molar refractivity (Wildman–Crippen MR) is 118 cm³/mol. The number of rotatable bonds is 6. The molecular formula is C22H29ClN4O2. The number of halogens is 1. The molecule has 0 aliphatic carbocycles. The van der Waals surface area contributed by atoms with Crippen molar-refractivity contribution < 1.29 is 10.3 Å². The maximum atomic E-state index is 10.5. The van der Waals surface area contributed by atoms with E-state index in [0.717, 1.165) is 29.2 Å². The van der Waals surface area contributed by atoms with E-state index in [1.807, 2.05) is 42.5 Å². The summed E-state index contributed by atoms with van der Waals surface area (Å²) in [6.07, 6.45) is 2.43. The molecule has 0 saturated carbocycles. The first-order chi connectivity index (χ1) is 14.1. The first-order valence-corrected chi connectivity index (χ1v) is 10.2. The summed E-state index contributed by atoms with van der Waals surface area (Å²) < 4.78 is 0. The number of hydroxylamine groups is 2. The van der Waals surface area contributed by atoms with Gasteiger partial charge in [0.25, 0.3) is 0 Å². The Hall–Kier alpha value is -2.25. The summed E-state index contributed by atoms with van der Waals surface area (Å²) in [5.74, 6) is 0.562. The van der Waals surface area contributed by atoms with Crippen molar-refractivity contribution in [1.29, 1.82) is 0 Å². The maximum absolute atomic E-state index is 10.5. The zero-order valence-electron chi connectivity index (χ0n) is 17.0. The molecule has 3 N–H and O–H groups in total. The van der Waals surface area contributed by atoms with Gasteiger partial charge in [0.15, 0.2) is 0 Å². The van der Waals surface area contributed by atoms with Crippen molar-refractivity contribution in [1.82, 2.24) is 10.4 Å². The van der Waals surface area contributed by atoms with E-state index in [2.05, 4.69) is 22.2 Å². The number of amidine groups is 1. The van der Waals surface area contributed by atoms with Gasteiger partial charge in [0.2, 0.25) is 0 Å². The third kappa shape index (κ3) is 6.94. The highest BCUT2D eigenvalue weighted by Crippen LogP contribution is 2.15. The van der Waals surface area contributed by atoms with Crippen LogP contribution in [0.3, 0.4) is 0 Å². The number of aliphatic hydroxyl groups is 1. The topological polar surface area (TPSA) is 80.5 Å². The van der Waals surface area contributed by atoms with E-state index in [-0.39, 0.29) is 13.2 Å². The minimum atomic E-state index is 0.229. The van der Waals surface area contributed by atoms with Gasteiger partial charge in [-0.1, -0.05) is 55.3 Å². The third-order valence-electron chi connectivity index (χ3n) is 4.31. The van der Waals surface area contributed by atoms with Gasteiger partial charge in [-0.3, -0.25) is 10.2 Å². The van der Waals surface area contributed by atoms with Crippen LogP contribution in [0.25, 0.3) is 5.70 Å². The predicted octanol–water partition coefficient (Wildman–Crippen LogP) is 2.22. The van der Waals surface area contributed by atoms with Gasteiger partial charge in [0.1, 0.15) is 12.4 Å². The van der Waals surface area contributed by atoms with Gasteiger partial charge in [-0.25, -0.2) is 10.1 Å². The van der Waals surface area contributed by atoms with Gasteiger partial charge in [0, 0.05) is 29.4 Å². The molecular weight excluding hydrogens is 388 g/mol. The lowest BCUT2D eigenvalue weighted by Gasteiger charge is -2.19. The van der Waals surface area contributed by atoms with Crippen LogP contribution in [0.1, 0.15) is 25.3 Å². The molecule has 0 aromatic heterocycles. The second-order valence-corrected chi connectivity index (χ2v) is 6.95.